The van der Waals surface area contributed by atoms with Gasteiger partial charge in [0.2, 0.25) is 10.0 Å². The summed E-state index contributed by atoms with van der Waals surface area (Å²) in [5, 5.41) is 8.44. The number of hydrogen-bond donors (Lipinski definition) is 2. The average Bonchev–Trinajstić information content (AvgIpc) is 2.34. The monoisotopic (exact) mass is 284 g/mol. The first-order valence-corrected chi connectivity index (χ1v) is 8.38. The second-order valence-electron chi connectivity index (χ2n) is 4.94. The van der Waals surface area contributed by atoms with Crippen molar-refractivity contribution in [2.75, 3.05) is 5.32 Å². The molecular weight excluding hydrogens is 260 g/mol. The molecule has 5 heteroatoms. The normalized spacial score (nSPS) is 13.2. The van der Waals surface area contributed by atoms with Crippen molar-refractivity contribution in [3.63, 3.8) is 0 Å². The van der Waals surface area contributed by atoms with Crippen LogP contribution < -0.4 is 10.5 Å². The quantitative estimate of drug-likeness (QED) is 0.720. The third-order valence-electron chi connectivity index (χ3n) is 3.09. The maximum Gasteiger partial charge on any atom is 0.240 e. The zero-order valence-electron chi connectivity index (χ0n) is 11.7. The number of para-hydroxylation sites is 1. The maximum atomic E-state index is 11.5. The molecule has 1 aromatic carbocycles. The summed E-state index contributed by atoms with van der Waals surface area (Å²) in [6.45, 7) is 4.25. The van der Waals surface area contributed by atoms with E-state index in [4.69, 9.17) is 5.14 Å². The molecule has 0 amide bonds. The van der Waals surface area contributed by atoms with E-state index in [0.29, 0.717) is 5.69 Å². The number of anilines is 1. The summed E-state index contributed by atoms with van der Waals surface area (Å²) in [5.74, 6) is 0. The highest BCUT2D eigenvalue weighted by molar-refractivity contribution is 7.89. The summed E-state index contributed by atoms with van der Waals surface area (Å²) in [5.41, 5.74) is 0.591. The van der Waals surface area contributed by atoms with Crippen LogP contribution in [0.4, 0.5) is 5.69 Å². The number of rotatable bonds is 8. The molecule has 0 radical (unpaired) electrons. The zero-order chi connectivity index (χ0) is 14.3. The Bertz CT molecular complexity index is 486. The van der Waals surface area contributed by atoms with Gasteiger partial charge in [-0.05, 0) is 25.5 Å². The number of primary sulfonamides is 1. The highest BCUT2D eigenvalue weighted by atomic mass is 32.2. The summed E-state index contributed by atoms with van der Waals surface area (Å²) in [6, 6.07) is 7.00. The van der Waals surface area contributed by atoms with Gasteiger partial charge in [0, 0.05) is 6.04 Å². The van der Waals surface area contributed by atoms with E-state index in [1.165, 1.54) is 25.3 Å². The fourth-order valence-electron chi connectivity index (χ4n) is 2.05. The lowest BCUT2D eigenvalue weighted by Crippen LogP contribution is -2.19. The van der Waals surface area contributed by atoms with Gasteiger partial charge in [-0.3, -0.25) is 0 Å². The van der Waals surface area contributed by atoms with Crippen LogP contribution in [-0.4, -0.2) is 14.5 Å². The van der Waals surface area contributed by atoms with E-state index < -0.39 is 10.0 Å². The first-order valence-electron chi connectivity index (χ1n) is 6.83. The Kier molecular flexibility index (Phi) is 6.31. The van der Waals surface area contributed by atoms with E-state index in [-0.39, 0.29) is 10.9 Å². The van der Waals surface area contributed by atoms with Crippen molar-refractivity contribution in [3.8, 4) is 0 Å². The number of sulfonamides is 1. The van der Waals surface area contributed by atoms with Crippen molar-refractivity contribution in [1.82, 2.24) is 0 Å². The van der Waals surface area contributed by atoms with Crippen molar-refractivity contribution in [2.24, 2.45) is 5.14 Å². The molecule has 0 aliphatic carbocycles. The van der Waals surface area contributed by atoms with Gasteiger partial charge in [-0.1, -0.05) is 44.7 Å². The van der Waals surface area contributed by atoms with Crippen molar-refractivity contribution in [3.05, 3.63) is 24.3 Å². The first-order chi connectivity index (χ1) is 8.95. The van der Waals surface area contributed by atoms with Gasteiger partial charge in [-0.25, -0.2) is 13.6 Å². The summed E-state index contributed by atoms with van der Waals surface area (Å²) in [7, 11) is -3.67. The second kappa shape index (κ2) is 7.50. The number of benzene rings is 1. The number of hydrogen-bond acceptors (Lipinski definition) is 3. The van der Waals surface area contributed by atoms with E-state index >= 15 is 0 Å². The topological polar surface area (TPSA) is 72.2 Å². The average molecular weight is 284 g/mol. The fourth-order valence-corrected chi connectivity index (χ4v) is 2.75. The van der Waals surface area contributed by atoms with E-state index in [1.54, 1.807) is 18.2 Å². The molecule has 0 aliphatic rings. The summed E-state index contributed by atoms with van der Waals surface area (Å²) in [6.07, 6.45) is 5.87. The molecule has 1 atom stereocenters. The third kappa shape index (κ3) is 5.61. The van der Waals surface area contributed by atoms with Crippen LogP contribution in [0.15, 0.2) is 29.2 Å². The second-order valence-corrected chi connectivity index (χ2v) is 6.47. The molecule has 19 heavy (non-hydrogen) atoms. The molecule has 1 rings (SSSR count). The molecule has 4 nitrogen and oxygen atoms in total. The van der Waals surface area contributed by atoms with Crippen LogP contribution in [0.1, 0.15) is 46.0 Å². The molecule has 0 spiro atoms. The zero-order valence-corrected chi connectivity index (χ0v) is 12.5. The third-order valence-corrected chi connectivity index (χ3v) is 4.06. The van der Waals surface area contributed by atoms with E-state index in [1.807, 2.05) is 0 Å². The molecule has 0 aliphatic heterocycles. The van der Waals surface area contributed by atoms with Crippen LogP contribution in [0.3, 0.4) is 0 Å². The minimum absolute atomic E-state index is 0.162. The molecule has 0 heterocycles. The Balaban J connectivity index is 2.62. The first kappa shape index (κ1) is 16.0. The van der Waals surface area contributed by atoms with Crippen molar-refractivity contribution in [2.45, 2.75) is 56.9 Å². The Labute approximate surface area is 116 Å². The lowest BCUT2D eigenvalue weighted by Gasteiger charge is -2.17. The van der Waals surface area contributed by atoms with Gasteiger partial charge in [-0.15, -0.1) is 0 Å². The van der Waals surface area contributed by atoms with Gasteiger partial charge in [-0.2, -0.15) is 0 Å². The van der Waals surface area contributed by atoms with E-state index in [9.17, 15) is 8.42 Å². The fraction of sp³-hybridized carbons (Fsp3) is 0.571. The molecule has 0 fully saturated rings. The van der Waals surface area contributed by atoms with Crippen molar-refractivity contribution >= 4 is 15.7 Å². The molecule has 0 saturated heterocycles. The molecule has 1 aromatic rings. The predicted molar refractivity (Wildman–Crippen MR) is 79.7 cm³/mol. The highest BCUT2D eigenvalue weighted by Gasteiger charge is 2.14. The van der Waals surface area contributed by atoms with Gasteiger partial charge in [0.1, 0.15) is 4.90 Å². The minimum atomic E-state index is -3.67. The molecule has 108 valence electrons. The summed E-state index contributed by atoms with van der Waals surface area (Å²) in [4.78, 5) is 0.162. The lowest BCUT2D eigenvalue weighted by molar-refractivity contribution is 0.590. The van der Waals surface area contributed by atoms with Gasteiger partial charge in [0.25, 0.3) is 0 Å². The van der Waals surface area contributed by atoms with Crippen LogP contribution in [0.25, 0.3) is 0 Å². The minimum Gasteiger partial charge on any atom is -0.381 e. The van der Waals surface area contributed by atoms with E-state index in [2.05, 4.69) is 19.2 Å². The largest absolute Gasteiger partial charge is 0.381 e. The number of unbranched alkanes of at least 4 members (excludes halogenated alkanes) is 3. The van der Waals surface area contributed by atoms with Crippen LogP contribution in [0.2, 0.25) is 0 Å². The van der Waals surface area contributed by atoms with Gasteiger partial charge in [0.05, 0.1) is 5.69 Å². The van der Waals surface area contributed by atoms with Crippen LogP contribution >= 0.6 is 0 Å². The van der Waals surface area contributed by atoms with Gasteiger partial charge >= 0.3 is 0 Å². The molecule has 0 aromatic heterocycles. The van der Waals surface area contributed by atoms with Gasteiger partial charge < -0.3 is 5.32 Å². The maximum absolute atomic E-state index is 11.5. The lowest BCUT2D eigenvalue weighted by atomic mass is 10.1. The SMILES string of the molecule is CCCCCCC(C)Nc1ccccc1S(N)(=O)=O. The van der Waals surface area contributed by atoms with Crippen LogP contribution in [0, 0.1) is 0 Å². The Morgan fingerprint density at radius 1 is 1.21 bits per heavy atom. The van der Waals surface area contributed by atoms with Crippen LogP contribution in [0.5, 0.6) is 0 Å². The molecule has 3 N–H and O–H groups in total. The van der Waals surface area contributed by atoms with Crippen molar-refractivity contribution < 1.29 is 8.42 Å². The Hall–Kier alpha value is -1.07. The summed E-state index contributed by atoms with van der Waals surface area (Å²) >= 11 is 0. The Morgan fingerprint density at radius 3 is 2.53 bits per heavy atom. The molecular formula is C14H24N2O2S. The predicted octanol–water partition coefficient (Wildman–Crippen LogP) is 3.10. The van der Waals surface area contributed by atoms with E-state index in [0.717, 1.165) is 12.8 Å². The van der Waals surface area contributed by atoms with Crippen LogP contribution in [-0.2, 0) is 10.0 Å². The number of nitrogens with two attached hydrogens (primary N) is 1. The van der Waals surface area contributed by atoms with Crippen molar-refractivity contribution in [1.29, 1.82) is 0 Å². The Morgan fingerprint density at radius 2 is 1.89 bits per heavy atom. The molecule has 1 unspecified atom stereocenters. The standard InChI is InChI=1S/C14H24N2O2S/c1-3-4-5-6-9-12(2)16-13-10-7-8-11-14(13)19(15,17)18/h7-8,10-12,16H,3-6,9H2,1-2H3,(H2,15,17,18). The molecule has 0 saturated carbocycles. The highest BCUT2D eigenvalue weighted by Crippen LogP contribution is 2.21. The molecule has 0 bridgehead atoms. The van der Waals surface area contributed by atoms with Gasteiger partial charge in [0.15, 0.2) is 0 Å². The number of nitrogens with one attached hydrogen (secondary N) is 1. The summed E-state index contributed by atoms with van der Waals surface area (Å²) < 4.78 is 22.9. The smallest absolute Gasteiger partial charge is 0.240 e.